The molecule has 0 fully saturated rings. The van der Waals surface area contributed by atoms with Gasteiger partial charge in [0, 0.05) is 4.47 Å². The van der Waals surface area contributed by atoms with E-state index in [2.05, 4.69) is 26.8 Å². The molecule has 98 valence electrons. The Kier molecular flexibility index (Phi) is 5.64. The van der Waals surface area contributed by atoms with E-state index in [1.165, 1.54) is 0 Å². The maximum Gasteiger partial charge on any atom is 0.426 e. The highest BCUT2D eigenvalue weighted by Gasteiger charge is 2.10. The average Bonchev–Trinajstić information content (AvgIpc) is 2.34. The Hall–Kier alpha value is -1.56. The number of carbonyl (C=O) groups excluding carboxylic acids is 2. The van der Waals surface area contributed by atoms with Gasteiger partial charge < -0.3 is 4.74 Å². The Labute approximate surface area is 114 Å². The fraction of sp³-hybridized carbons (Fsp3) is 0.333. The molecule has 0 spiro atoms. The molecule has 0 saturated carbocycles. The Morgan fingerprint density at radius 2 is 1.94 bits per heavy atom. The smallest absolute Gasteiger partial charge is 0.426 e. The molecule has 0 aliphatic rings. The van der Waals surface area contributed by atoms with Crippen LogP contribution in [0.5, 0.6) is 0 Å². The minimum atomic E-state index is -0.677. The first-order chi connectivity index (χ1) is 8.50. The van der Waals surface area contributed by atoms with Crippen LogP contribution in [0.2, 0.25) is 0 Å². The summed E-state index contributed by atoms with van der Waals surface area (Å²) in [5.41, 5.74) is 4.88. The molecular formula is C12H15BrN2O3. The normalized spacial score (nSPS) is 10.0. The van der Waals surface area contributed by atoms with Crippen LogP contribution in [0.15, 0.2) is 28.7 Å². The van der Waals surface area contributed by atoms with Crippen molar-refractivity contribution in [3.05, 3.63) is 34.3 Å². The number of benzene rings is 1. The summed E-state index contributed by atoms with van der Waals surface area (Å²) < 4.78 is 5.50. The first kappa shape index (κ1) is 14.5. The van der Waals surface area contributed by atoms with Gasteiger partial charge in [-0.25, -0.2) is 10.2 Å². The lowest BCUT2D eigenvalue weighted by Crippen LogP contribution is -2.42. The monoisotopic (exact) mass is 314 g/mol. The summed E-state index contributed by atoms with van der Waals surface area (Å²) in [6.45, 7) is 4.15. The molecule has 18 heavy (non-hydrogen) atoms. The highest BCUT2D eigenvalue weighted by Crippen LogP contribution is 2.15. The molecule has 2 N–H and O–H groups in total. The molecular weight excluding hydrogens is 300 g/mol. The minimum absolute atomic E-state index is 0.245. The molecule has 0 aromatic heterocycles. The zero-order valence-electron chi connectivity index (χ0n) is 10.2. The lowest BCUT2D eigenvalue weighted by atomic mass is 10.2. The summed E-state index contributed by atoms with van der Waals surface area (Å²) in [4.78, 5) is 22.9. The van der Waals surface area contributed by atoms with E-state index in [0.717, 1.165) is 0 Å². The van der Waals surface area contributed by atoms with Crippen LogP contribution in [0.25, 0.3) is 0 Å². The van der Waals surface area contributed by atoms with E-state index in [-0.39, 0.29) is 5.92 Å². The Balaban J connectivity index is 2.42. The Morgan fingerprint density at radius 1 is 1.28 bits per heavy atom. The van der Waals surface area contributed by atoms with Gasteiger partial charge in [-0.3, -0.25) is 10.2 Å². The molecule has 0 aliphatic heterocycles. The van der Waals surface area contributed by atoms with Gasteiger partial charge in [-0.15, -0.1) is 0 Å². The van der Waals surface area contributed by atoms with Gasteiger partial charge in [0.2, 0.25) is 0 Å². The lowest BCUT2D eigenvalue weighted by molar-refractivity contribution is 0.0900. The van der Waals surface area contributed by atoms with E-state index in [0.29, 0.717) is 16.6 Å². The second-order valence-electron chi connectivity index (χ2n) is 4.05. The van der Waals surface area contributed by atoms with Gasteiger partial charge in [-0.1, -0.05) is 26.0 Å². The largest absolute Gasteiger partial charge is 0.448 e. The number of amides is 2. The molecule has 0 unspecified atom stereocenters. The molecule has 0 bridgehead atoms. The number of carbonyl (C=O) groups is 2. The summed E-state index contributed by atoms with van der Waals surface area (Å²) in [6, 6.07) is 6.91. The van der Waals surface area contributed by atoms with Crippen LogP contribution in [0.3, 0.4) is 0 Å². The van der Waals surface area contributed by atoms with E-state index < -0.39 is 12.0 Å². The second-order valence-corrected chi connectivity index (χ2v) is 4.91. The van der Waals surface area contributed by atoms with Crippen molar-refractivity contribution in [2.45, 2.75) is 13.8 Å². The summed E-state index contributed by atoms with van der Waals surface area (Å²) in [5.74, 6) is -0.168. The number of nitrogens with one attached hydrogen (secondary N) is 2. The van der Waals surface area contributed by atoms with Crippen molar-refractivity contribution in [2.24, 2.45) is 5.92 Å². The topological polar surface area (TPSA) is 67.4 Å². The van der Waals surface area contributed by atoms with Gasteiger partial charge >= 0.3 is 6.09 Å². The van der Waals surface area contributed by atoms with Crippen molar-refractivity contribution in [3.63, 3.8) is 0 Å². The van der Waals surface area contributed by atoms with E-state index in [1.54, 1.807) is 24.3 Å². The summed E-state index contributed by atoms with van der Waals surface area (Å²) in [7, 11) is 0. The molecule has 1 aromatic rings. The van der Waals surface area contributed by atoms with Crippen LogP contribution in [0, 0.1) is 5.92 Å². The first-order valence-corrected chi connectivity index (χ1v) is 6.27. The number of hydrogen-bond acceptors (Lipinski definition) is 3. The van der Waals surface area contributed by atoms with E-state index in [4.69, 9.17) is 4.74 Å². The Bertz CT molecular complexity index is 435. The predicted octanol–water partition coefficient (Wildman–Crippen LogP) is 2.48. The summed E-state index contributed by atoms with van der Waals surface area (Å²) >= 11 is 3.25. The number of halogens is 1. The maximum atomic E-state index is 11.7. The molecule has 6 heteroatoms. The van der Waals surface area contributed by atoms with Gasteiger partial charge in [0.25, 0.3) is 5.91 Å². The van der Waals surface area contributed by atoms with Crippen LogP contribution >= 0.6 is 15.9 Å². The molecule has 1 rings (SSSR count). The fourth-order valence-corrected chi connectivity index (χ4v) is 1.56. The van der Waals surface area contributed by atoms with Gasteiger partial charge in [-0.2, -0.15) is 0 Å². The van der Waals surface area contributed by atoms with Crippen molar-refractivity contribution < 1.29 is 14.3 Å². The predicted molar refractivity (Wildman–Crippen MR) is 70.9 cm³/mol. The van der Waals surface area contributed by atoms with E-state index in [9.17, 15) is 9.59 Å². The lowest BCUT2D eigenvalue weighted by Gasteiger charge is -2.10. The highest BCUT2D eigenvalue weighted by molar-refractivity contribution is 9.10. The molecule has 0 atom stereocenters. The minimum Gasteiger partial charge on any atom is -0.448 e. The number of rotatable bonds is 3. The van der Waals surface area contributed by atoms with Gasteiger partial charge in [0.1, 0.15) is 0 Å². The zero-order valence-corrected chi connectivity index (χ0v) is 11.8. The van der Waals surface area contributed by atoms with E-state index in [1.807, 2.05) is 13.8 Å². The molecule has 5 nitrogen and oxygen atoms in total. The summed E-state index contributed by atoms with van der Waals surface area (Å²) in [6.07, 6.45) is -0.677. The fourth-order valence-electron chi connectivity index (χ4n) is 1.10. The number of hydrogen-bond donors (Lipinski definition) is 2. The molecule has 1 aromatic carbocycles. The maximum absolute atomic E-state index is 11.7. The van der Waals surface area contributed by atoms with Crippen LogP contribution in [-0.4, -0.2) is 18.6 Å². The zero-order chi connectivity index (χ0) is 13.5. The van der Waals surface area contributed by atoms with Crippen molar-refractivity contribution in [2.75, 3.05) is 6.61 Å². The van der Waals surface area contributed by atoms with Crippen LogP contribution in [0.4, 0.5) is 4.79 Å². The van der Waals surface area contributed by atoms with Crippen molar-refractivity contribution >= 4 is 27.9 Å². The van der Waals surface area contributed by atoms with Crippen molar-refractivity contribution in [3.8, 4) is 0 Å². The first-order valence-electron chi connectivity index (χ1n) is 5.48. The average molecular weight is 315 g/mol. The van der Waals surface area contributed by atoms with Crippen LogP contribution < -0.4 is 10.9 Å². The molecule has 0 saturated heterocycles. The van der Waals surface area contributed by atoms with Gasteiger partial charge in [0.15, 0.2) is 0 Å². The highest BCUT2D eigenvalue weighted by atomic mass is 79.9. The summed E-state index contributed by atoms with van der Waals surface area (Å²) in [5, 5.41) is 0. The van der Waals surface area contributed by atoms with E-state index >= 15 is 0 Å². The van der Waals surface area contributed by atoms with Crippen LogP contribution in [0.1, 0.15) is 24.2 Å². The molecule has 0 radical (unpaired) electrons. The quantitative estimate of drug-likeness (QED) is 0.842. The van der Waals surface area contributed by atoms with Gasteiger partial charge in [-0.05, 0) is 34.0 Å². The SMILES string of the molecule is CC(C)COC(=O)NNC(=O)c1ccccc1Br. The third-order valence-corrected chi connectivity index (χ3v) is 2.64. The number of hydrazine groups is 1. The molecule has 2 amide bonds. The van der Waals surface area contributed by atoms with Crippen LogP contribution in [-0.2, 0) is 4.74 Å². The third-order valence-electron chi connectivity index (χ3n) is 1.94. The molecule has 0 heterocycles. The molecule has 0 aliphatic carbocycles. The standard InChI is InChI=1S/C12H15BrN2O3/c1-8(2)7-18-12(17)15-14-11(16)9-5-3-4-6-10(9)13/h3-6,8H,7H2,1-2H3,(H,14,16)(H,15,17). The Morgan fingerprint density at radius 3 is 2.56 bits per heavy atom. The van der Waals surface area contributed by atoms with Crippen molar-refractivity contribution in [1.82, 2.24) is 10.9 Å². The van der Waals surface area contributed by atoms with Gasteiger partial charge in [0.05, 0.1) is 12.2 Å². The number of ether oxygens (including phenoxy) is 1. The second kappa shape index (κ2) is 7.00. The van der Waals surface area contributed by atoms with Crippen molar-refractivity contribution in [1.29, 1.82) is 0 Å². The third kappa shape index (κ3) is 4.75.